The highest BCUT2D eigenvalue weighted by molar-refractivity contribution is 5.87. The van der Waals surface area contributed by atoms with E-state index in [0.29, 0.717) is 18.6 Å². The number of ether oxygens (including phenoxy) is 1. The van der Waals surface area contributed by atoms with Gasteiger partial charge in [0.05, 0.1) is 5.56 Å². The van der Waals surface area contributed by atoms with Crippen LogP contribution in [-0.2, 0) is 13.0 Å². The van der Waals surface area contributed by atoms with E-state index in [1.54, 1.807) is 18.3 Å². The van der Waals surface area contributed by atoms with Crippen LogP contribution >= 0.6 is 0 Å². The fourth-order valence-corrected chi connectivity index (χ4v) is 2.48. The smallest absolute Gasteiger partial charge is 0.335 e. The predicted octanol–water partition coefficient (Wildman–Crippen LogP) is 4.61. The molecule has 0 spiro atoms. The summed E-state index contributed by atoms with van der Waals surface area (Å²) in [6, 6.07) is 20.6. The highest BCUT2D eigenvalue weighted by Crippen LogP contribution is 2.19. The number of rotatable bonds is 7. The summed E-state index contributed by atoms with van der Waals surface area (Å²) in [5.41, 5.74) is 3.20. The summed E-state index contributed by atoms with van der Waals surface area (Å²) in [6.07, 6.45) is 6.34. The molecule has 2 aromatic carbocycles. The first-order valence-electron chi connectivity index (χ1n) is 8.33. The molecular formula is C22H19NO3. The Morgan fingerprint density at radius 1 is 0.962 bits per heavy atom. The van der Waals surface area contributed by atoms with Gasteiger partial charge in [0.1, 0.15) is 18.1 Å². The second kappa shape index (κ2) is 8.62. The largest absolute Gasteiger partial charge is 0.487 e. The number of pyridine rings is 1. The van der Waals surface area contributed by atoms with Crippen LogP contribution in [-0.4, -0.2) is 16.1 Å². The quantitative estimate of drug-likeness (QED) is 0.679. The van der Waals surface area contributed by atoms with Gasteiger partial charge in [-0.1, -0.05) is 48.5 Å². The average molecular weight is 345 g/mol. The van der Waals surface area contributed by atoms with Crippen molar-refractivity contribution < 1.29 is 14.6 Å². The molecule has 0 bridgehead atoms. The Kier molecular flexibility index (Phi) is 5.78. The highest BCUT2D eigenvalue weighted by atomic mass is 16.5. The van der Waals surface area contributed by atoms with Gasteiger partial charge in [0, 0.05) is 6.20 Å². The zero-order valence-corrected chi connectivity index (χ0v) is 14.2. The van der Waals surface area contributed by atoms with Gasteiger partial charge in [-0.25, -0.2) is 4.79 Å². The molecule has 0 saturated heterocycles. The molecular weight excluding hydrogens is 326 g/mol. The lowest BCUT2D eigenvalue weighted by molar-refractivity contribution is 0.0697. The molecule has 3 aromatic rings. The number of carboxylic acid groups (broad SMARTS) is 1. The topological polar surface area (TPSA) is 59.4 Å². The van der Waals surface area contributed by atoms with E-state index in [-0.39, 0.29) is 0 Å². The van der Waals surface area contributed by atoms with Crippen LogP contribution in [0.2, 0.25) is 0 Å². The fraction of sp³-hybridized carbons (Fsp3) is 0.0909. The zero-order valence-electron chi connectivity index (χ0n) is 14.2. The van der Waals surface area contributed by atoms with Gasteiger partial charge in [-0.15, -0.1) is 0 Å². The molecule has 1 aromatic heterocycles. The minimum Gasteiger partial charge on any atom is -0.487 e. The Labute approximate surface area is 152 Å². The third-order valence-corrected chi connectivity index (χ3v) is 3.87. The molecule has 3 rings (SSSR count). The minimum atomic E-state index is -0.916. The lowest BCUT2D eigenvalue weighted by atomic mass is 10.1. The lowest BCUT2D eigenvalue weighted by Gasteiger charge is -2.08. The molecule has 4 nitrogen and oxygen atoms in total. The van der Waals surface area contributed by atoms with Gasteiger partial charge in [-0.05, 0) is 47.9 Å². The first-order chi connectivity index (χ1) is 12.7. The van der Waals surface area contributed by atoms with Crippen molar-refractivity contribution in [3.05, 3.63) is 101 Å². The third-order valence-electron chi connectivity index (χ3n) is 3.87. The first-order valence-corrected chi connectivity index (χ1v) is 8.33. The maximum atomic E-state index is 10.9. The fourth-order valence-electron chi connectivity index (χ4n) is 2.48. The van der Waals surface area contributed by atoms with Crippen molar-refractivity contribution in [3.8, 4) is 5.75 Å². The third kappa shape index (κ3) is 4.80. The zero-order chi connectivity index (χ0) is 18.2. The van der Waals surface area contributed by atoms with Gasteiger partial charge in [0.25, 0.3) is 0 Å². The Hall–Kier alpha value is -3.40. The SMILES string of the molecule is O=C(O)c1ccc(CC=Cc2ncccc2OCc2ccccc2)cc1. The predicted molar refractivity (Wildman–Crippen MR) is 101 cm³/mol. The van der Waals surface area contributed by atoms with Crippen LogP contribution in [0.4, 0.5) is 0 Å². The van der Waals surface area contributed by atoms with Gasteiger partial charge in [-0.2, -0.15) is 0 Å². The normalized spacial score (nSPS) is 10.8. The van der Waals surface area contributed by atoms with Crippen molar-refractivity contribution in [2.45, 2.75) is 13.0 Å². The van der Waals surface area contributed by atoms with Crippen molar-refractivity contribution in [2.24, 2.45) is 0 Å². The van der Waals surface area contributed by atoms with E-state index in [4.69, 9.17) is 9.84 Å². The van der Waals surface area contributed by atoms with Crippen LogP contribution < -0.4 is 4.74 Å². The minimum absolute atomic E-state index is 0.291. The van der Waals surface area contributed by atoms with E-state index in [9.17, 15) is 4.79 Å². The molecule has 0 radical (unpaired) electrons. The van der Waals surface area contributed by atoms with Crippen LogP contribution in [0.5, 0.6) is 5.75 Å². The van der Waals surface area contributed by atoms with Crippen LogP contribution in [0.1, 0.15) is 27.2 Å². The van der Waals surface area contributed by atoms with Gasteiger partial charge in [0.15, 0.2) is 0 Å². The average Bonchev–Trinajstić information content (AvgIpc) is 2.68. The summed E-state index contributed by atoms with van der Waals surface area (Å²) < 4.78 is 5.89. The summed E-state index contributed by atoms with van der Waals surface area (Å²) in [5, 5.41) is 8.93. The van der Waals surface area contributed by atoms with Crippen LogP contribution in [0, 0.1) is 0 Å². The van der Waals surface area contributed by atoms with E-state index >= 15 is 0 Å². The second-order valence-electron chi connectivity index (χ2n) is 5.77. The van der Waals surface area contributed by atoms with Gasteiger partial charge in [0.2, 0.25) is 0 Å². The number of allylic oxidation sites excluding steroid dienone is 1. The Morgan fingerprint density at radius 2 is 1.73 bits per heavy atom. The number of carboxylic acids is 1. The summed E-state index contributed by atoms with van der Waals surface area (Å²) in [6.45, 7) is 0.490. The monoisotopic (exact) mass is 345 g/mol. The van der Waals surface area contributed by atoms with E-state index in [0.717, 1.165) is 22.6 Å². The molecule has 0 amide bonds. The van der Waals surface area contributed by atoms with Crippen LogP contribution in [0.15, 0.2) is 79.0 Å². The number of carbonyl (C=O) groups is 1. The molecule has 130 valence electrons. The maximum absolute atomic E-state index is 10.9. The van der Waals surface area contributed by atoms with Crippen molar-refractivity contribution in [1.82, 2.24) is 4.98 Å². The summed E-state index contributed by atoms with van der Waals surface area (Å²) in [7, 11) is 0. The van der Waals surface area contributed by atoms with Crippen molar-refractivity contribution in [3.63, 3.8) is 0 Å². The number of aromatic carboxylic acids is 1. The second-order valence-corrected chi connectivity index (χ2v) is 5.77. The number of hydrogen-bond acceptors (Lipinski definition) is 3. The van der Waals surface area contributed by atoms with Crippen molar-refractivity contribution in [2.75, 3.05) is 0 Å². The molecule has 26 heavy (non-hydrogen) atoms. The van der Waals surface area contributed by atoms with E-state index in [1.807, 2.05) is 66.7 Å². The van der Waals surface area contributed by atoms with Crippen molar-refractivity contribution >= 4 is 12.0 Å². The first kappa shape index (κ1) is 17.4. The molecule has 0 aliphatic heterocycles. The molecule has 0 atom stereocenters. The number of hydrogen-bond donors (Lipinski definition) is 1. The Bertz CT molecular complexity index is 887. The Morgan fingerprint density at radius 3 is 2.46 bits per heavy atom. The molecule has 0 fully saturated rings. The van der Waals surface area contributed by atoms with Gasteiger partial charge in [-0.3, -0.25) is 4.98 Å². The standard InChI is InChI=1S/C22H19NO3/c24-22(25)19-13-11-17(12-14-19)8-4-9-20-21(10-5-15-23-20)26-16-18-6-2-1-3-7-18/h1-7,9-15H,8,16H2,(H,24,25). The van der Waals surface area contributed by atoms with Crippen LogP contribution in [0.3, 0.4) is 0 Å². The highest BCUT2D eigenvalue weighted by Gasteiger charge is 2.03. The number of aromatic nitrogens is 1. The molecule has 1 heterocycles. The molecule has 0 aliphatic rings. The summed E-state index contributed by atoms with van der Waals surface area (Å²) in [5.74, 6) is -0.186. The molecule has 0 saturated carbocycles. The molecule has 1 N–H and O–H groups in total. The van der Waals surface area contributed by atoms with Crippen molar-refractivity contribution in [1.29, 1.82) is 0 Å². The molecule has 0 aliphatic carbocycles. The lowest BCUT2D eigenvalue weighted by Crippen LogP contribution is -1.98. The number of benzene rings is 2. The summed E-state index contributed by atoms with van der Waals surface area (Å²) >= 11 is 0. The van der Waals surface area contributed by atoms with Gasteiger partial charge >= 0.3 is 5.97 Å². The van der Waals surface area contributed by atoms with E-state index in [1.165, 1.54) is 0 Å². The van der Waals surface area contributed by atoms with Crippen LogP contribution in [0.25, 0.3) is 6.08 Å². The van der Waals surface area contributed by atoms with E-state index < -0.39 is 5.97 Å². The molecule has 0 unspecified atom stereocenters. The maximum Gasteiger partial charge on any atom is 0.335 e. The van der Waals surface area contributed by atoms with E-state index in [2.05, 4.69) is 4.98 Å². The Balaban J connectivity index is 1.64. The number of nitrogens with zero attached hydrogens (tertiary/aromatic N) is 1. The summed E-state index contributed by atoms with van der Waals surface area (Å²) in [4.78, 5) is 15.2. The van der Waals surface area contributed by atoms with Gasteiger partial charge < -0.3 is 9.84 Å². The molecule has 4 heteroatoms.